The number of nitrogens with zero attached hydrogens (tertiary/aromatic N) is 4. The average molecular weight is 497 g/mol. The number of amidine groups is 1. The molecule has 2 aromatic carbocycles. The highest BCUT2D eigenvalue weighted by atomic mass is 35.5. The number of ketones is 1. The molecule has 0 spiro atoms. The molecule has 36 heavy (non-hydrogen) atoms. The zero-order valence-electron chi connectivity index (χ0n) is 19.9. The van der Waals surface area contributed by atoms with Gasteiger partial charge in [-0.15, -0.1) is 0 Å². The van der Waals surface area contributed by atoms with Gasteiger partial charge in [-0.25, -0.2) is 9.67 Å². The second-order valence-electron chi connectivity index (χ2n) is 9.85. The molecule has 0 radical (unpaired) electrons. The monoisotopic (exact) mass is 496 g/mol. The van der Waals surface area contributed by atoms with Gasteiger partial charge in [0.15, 0.2) is 11.6 Å². The van der Waals surface area contributed by atoms with Crippen LogP contribution in [0.15, 0.2) is 71.4 Å². The van der Waals surface area contributed by atoms with Crippen LogP contribution in [-0.2, 0) is 9.53 Å². The Balaban J connectivity index is 1.45. The SMILES string of the molecule is Cc1nn(-c2ccc(Cl)cc2)c2c1C(C1=COC3CCCCC3C1=O)N1C(=N2)C=Cc2ccccc21. The van der Waals surface area contributed by atoms with Gasteiger partial charge >= 0.3 is 0 Å². The maximum atomic E-state index is 14.0. The number of hydrogen-bond donors (Lipinski definition) is 0. The van der Waals surface area contributed by atoms with Crippen LogP contribution in [0, 0.1) is 12.8 Å². The van der Waals surface area contributed by atoms with Gasteiger partial charge in [0.2, 0.25) is 0 Å². The Hall–Kier alpha value is -3.64. The van der Waals surface area contributed by atoms with Gasteiger partial charge < -0.3 is 9.64 Å². The molecule has 3 aromatic rings. The van der Waals surface area contributed by atoms with E-state index in [1.165, 1.54) is 0 Å². The summed E-state index contributed by atoms with van der Waals surface area (Å²) in [5, 5.41) is 5.56. The molecule has 1 saturated carbocycles. The van der Waals surface area contributed by atoms with E-state index in [1.807, 2.05) is 54.1 Å². The van der Waals surface area contributed by atoms with E-state index in [-0.39, 0.29) is 23.8 Å². The first-order chi connectivity index (χ1) is 17.6. The molecule has 0 bridgehead atoms. The zero-order valence-corrected chi connectivity index (χ0v) is 20.7. The van der Waals surface area contributed by atoms with E-state index in [9.17, 15) is 4.79 Å². The van der Waals surface area contributed by atoms with Crippen LogP contribution >= 0.6 is 11.6 Å². The summed E-state index contributed by atoms with van der Waals surface area (Å²) >= 11 is 6.15. The molecule has 0 amide bonds. The van der Waals surface area contributed by atoms with Crippen LogP contribution in [0.3, 0.4) is 0 Å². The van der Waals surface area contributed by atoms with Crippen LogP contribution in [0.1, 0.15) is 48.5 Å². The van der Waals surface area contributed by atoms with Crippen molar-refractivity contribution in [2.45, 2.75) is 44.8 Å². The molecular weight excluding hydrogens is 472 g/mol. The van der Waals surface area contributed by atoms with E-state index in [0.29, 0.717) is 10.6 Å². The molecule has 180 valence electrons. The molecule has 1 aliphatic carbocycles. The number of aliphatic imine (C=N–C) groups is 1. The number of hydrogen-bond acceptors (Lipinski definition) is 5. The molecule has 1 aromatic heterocycles. The number of aryl methyl sites for hydroxylation is 1. The Morgan fingerprint density at radius 3 is 2.69 bits per heavy atom. The summed E-state index contributed by atoms with van der Waals surface area (Å²) in [7, 11) is 0. The van der Waals surface area contributed by atoms with Gasteiger partial charge in [-0.1, -0.05) is 36.2 Å². The lowest BCUT2D eigenvalue weighted by Crippen LogP contribution is -2.45. The summed E-state index contributed by atoms with van der Waals surface area (Å²) in [5.41, 5.74) is 5.42. The molecule has 3 unspecified atom stereocenters. The lowest BCUT2D eigenvalue weighted by Gasteiger charge is -2.42. The predicted octanol–water partition coefficient (Wildman–Crippen LogP) is 6.49. The van der Waals surface area contributed by atoms with Crippen molar-refractivity contribution in [3.05, 3.63) is 88.3 Å². The van der Waals surface area contributed by atoms with Crippen molar-refractivity contribution in [2.24, 2.45) is 10.9 Å². The first-order valence-electron chi connectivity index (χ1n) is 12.5. The summed E-state index contributed by atoms with van der Waals surface area (Å²) in [6.07, 6.45) is 9.79. The quantitative estimate of drug-likeness (QED) is 0.406. The van der Waals surface area contributed by atoms with Gasteiger partial charge in [0, 0.05) is 10.6 Å². The number of carbonyl (C=O) groups excluding carboxylic acids is 1. The van der Waals surface area contributed by atoms with Gasteiger partial charge in [-0.2, -0.15) is 5.10 Å². The molecule has 6 nitrogen and oxygen atoms in total. The van der Waals surface area contributed by atoms with E-state index < -0.39 is 0 Å². The summed E-state index contributed by atoms with van der Waals surface area (Å²) in [4.78, 5) is 21.3. The van der Waals surface area contributed by atoms with Gasteiger partial charge in [0.05, 0.1) is 40.9 Å². The van der Waals surface area contributed by atoms with Gasteiger partial charge in [0.1, 0.15) is 11.9 Å². The molecule has 4 aliphatic rings. The minimum absolute atomic E-state index is 0.0161. The zero-order chi connectivity index (χ0) is 24.4. The van der Waals surface area contributed by atoms with Crippen LogP contribution in [0.2, 0.25) is 5.02 Å². The molecular formula is C29H25ClN4O2. The number of anilines is 1. The Morgan fingerprint density at radius 1 is 1.03 bits per heavy atom. The van der Waals surface area contributed by atoms with E-state index >= 15 is 0 Å². The number of rotatable bonds is 2. The first kappa shape index (κ1) is 21.6. The van der Waals surface area contributed by atoms with Crippen molar-refractivity contribution in [3.8, 4) is 5.69 Å². The molecule has 3 aliphatic heterocycles. The summed E-state index contributed by atoms with van der Waals surface area (Å²) in [6.45, 7) is 1.99. The smallest absolute Gasteiger partial charge is 0.171 e. The number of Topliss-reactive ketones (excluding diaryl/α,β-unsaturated/α-hetero) is 1. The number of benzene rings is 2. The average Bonchev–Trinajstić information content (AvgIpc) is 3.24. The maximum absolute atomic E-state index is 14.0. The van der Waals surface area contributed by atoms with Gasteiger partial charge in [0.25, 0.3) is 0 Å². The van der Waals surface area contributed by atoms with Gasteiger partial charge in [-0.3, -0.25) is 4.79 Å². The first-order valence-corrected chi connectivity index (χ1v) is 12.9. The van der Waals surface area contributed by atoms with Crippen molar-refractivity contribution in [1.29, 1.82) is 0 Å². The summed E-state index contributed by atoms with van der Waals surface area (Å²) in [6, 6.07) is 15.4. The molecule has 0 N–H and O–H groups in total. The normalized spacial score (nSPS) is 24.1. The maximum Gasteiger partial charge on any atom is 0.171 e. The number of fused-ring (bicyclic) bond motifs is 5. The van der Waals surface area contributed by atoms with E-state index in [0.717, 1.165) is 65.5 Å². The van der Waals surface area contributed by atoms with Crippen LogP contribution < -0.4 is 4.90 Å². The van der Waals surface area contributed by atoms with Crippen molar-refractivity contribution >= 4 is 40.8 Å². The Labute approximate surface area is 214 Å². The minimum atomic E-state index is -0.380. The number of halogens is 1. The topological polar surface area (TPSA) is 59.7 Å². The second-order valence-corrected chi connectivity index (χ2v) is 10.3. The third kappa shape index (κ3) is 3.21. The van der Waals surface area contributed by atoms with E-state index in [4.69, 9.17) is 26.4 Å². The van der Waals surface area contributed by atoms with Crippen molar-refractivity contribution < 1.29 is 9.53 Å². The van der Waals surface area contributed by atoms with Crippen LogP contribution in [-0.4, -0.2) is 27.5 Å². The van der Waals surface area contributed by atoms with Crippen molar-refractivity contribution in [2.75, 3.05) is 4.90 Å². The number of para-hydroxylation sites is 1. The molecule has 3 atom stereocenters. The third-order valence-corrected chi connectivity index (χ3v) is 8.00. The largest absolute Gasteiger partial charge is 0.497 e. The lowest BCUT2D eigenvalue weighted by atomic mass is 9.77. The Kier molecular flexibility index (Phi) is 4.93. The highest BCUT2D eigenvalue weighted by molar-refractivity contribution is 6.30. The predicted molar refractivity (Wildman–Crippen MR) is 141 cm³/mol. The number of ether oxygens (including phenoxy) is 1. The molecule has 1 fully saturated rings. The van der Waals surface area contributed by atoms with E-state index in [2.05, 4.69) is 23.1 Å². The lowest BCUT2D eigenvalue weighted by molar-refractivity contribution is -0.127. The van der Waals surface area contributed by atoms with Gasteiger partial charge in [-0.05, 0) is 74.2 Å². The third-order valence-electron chi connectivity index (χ3n) is 7.75. The minimum Gasteiger partial charge on any atom is -0.497 e. The molecule has 7 heteroatoms. The fraction of sp³-hybridized carbons (Fsp3) is 0.276. The van der Waals surface area contributed by atoms with Crippen LogP contribution in [0.5, 0.6) is 0 Å². The van der Waals surface area contributed by atoms with Crippen molar-refractivity contribution in [1.82, 2.24) is 9.78 Å². The summed E-state index contributed by atoms with van der Waals surface area (Å²) in [5.74, 6) is 1.61. The summed E-state index contributed by atoms with van der Waals surface area (Å²) < 4.78 is 8.09. The molecule has 0 saturated heterocycles. The second kappa shape index (κ2) is 8.20. The highest BCUT2D eigenvalue weighted by Crippen LogP contribution is 2.49. The Bertz CT molecular complexity index is 1480. The number of carbonyl (C=O) groups is 1. The Morgan fingerprint density at radius 2 is 1.83 bits per heavy atom. The van der Waals surface area contributed by atoms with Crippen LogP contribution in [0.4, 0.5) is 11.5 Å². The van der Waals surface area contributed by atoms with Crippen LogP contribution in [0.25, 0.3) is 11.8 Å². The fourth-order valence-electron chi connectivity index (χ4n) is 6.02. The standard InChI is InChI=1S/C29H25ClN4O2/c1-17-26-27(22-16-36-24-9-5-3-7-21(24)28(22)35)33-23-8-4-2-6-18(23)10-15-25(33)31-29(26)34(32-17)20-13-11-19(30)12-14-20/h2,4,6,8,10-16,21,24,27H,3,5,7,9H2,1H3. The fourth-order valence-corrected chi connectivity index (χ4v) is 6.15. The van der Waals surface area contributed by atoms with E-state index in [1.54, 1.807) is 6.26 Å². The molecule has 7 rings (SSSR count). The van der Waals surface area contributed by atoms with Crippen molar-refractivity contribution in [3.63, 3.8) is 0 Å². The molecule has 4 heterocycles. The number of aromatic nitrogens is 2. The highest BCUT2D eigenvalue weighted by Gasteiger charge is 2.46.